The molecule has 0 heterocycles. The molecule has 2 aliphatic rings. The summed E-state index contributed by atoms with van der Waals surface area (Å²) in [5.41, 5.74) is 3.75. The van der Waals surface area contributed by atoms with Gasteiger partial charge in [0.15, 0.2) is 5.78 Å². The Kier molecular flexibility index (Phi) is 15.0. The van der Waals surface area contributed by atoms with Crippen molar-refractivity contribution in [1.82, 2.24) is 0 Å². The van der Waals surface area contributed by atoms with Gasteiger partial charge >= 0.3 is 0 Å². The predicted molar refractivity (Wildman–Crippen MR) is 186 cm³/mol. The van der Waals surface area contributed by atoms with E-state index >= 15 is 0 Å². The van der Waals surface area contributed by atoms with Crippen LogP contribution in [0.25, 0.3) is 0 Å². The maximum absolute atomic E-state index is 13.0. The van der Waals surface area contributed by atoms with Gasteiger partial charge in [-0.2, -0.15) is 0 Å². The second-order valence-corrected chi connectivity index (χ2v) is 15.1. The molecule has 0 aromatic rings. The number of allylic oxidation sites excluding steroid dienone is 11. The lowest BCUT2D eigenvalue weighted by Crippen LogP contribution is -2.32. The molecule has 2 rings (SSSR count). The average Bonchev–Trinajstić information content (AvgIpc) is 2.89. The normalized spacial score (nSPS) is 26.6. The van der Waals surface area contributed by atoms with Crippen LogP contribution < -0.4 is 0 Å². The third kappa shape index (κ3) is 12.3. The van der Waals surface area contributed by atoms with Crippen molar-refractivity contribution >= 4 is 5.78 Å². The van der Waals surface area contributed by atoms with Gasteiger partial charge < -0.3 is 15.3 Å². The van der Waals surface area contributed by atoms with Gasteiger partial charge in [0.05, 0.1) is 18.8 Å². The van der Waals surface area contributed by atoms with Gasteiger partial charge in [-0.15, -0.1) is 0 Å². The molecule has 2 aliphatic carbocycles. The van der Waals surface area contributed by atoms with Crippen LogP contribution in [0.4, 0.5) is 0 Å². The highest BCUT2D eigenvalue weighted by Gasteiger charge is 2.35. The van der Waals surface area contributed by atoms with Crippen molar-refractivity contribution in [1.29, 1.82) is 0 Å². The molecule has 3 unspecified atom stereocenters. The predicted octanol–water partition coefficient (Wildman–Crippen LogP) is 9.02. The third-order valence-electron chi connectivity index (χ3n) is 9.64. The fraction of sp³-hybridized carbons (Fsp3) is 0.625. The Labute approximate surface area is 269 Å². The van der Waals surface area contributed by atoms with E-state index in [0.29, 0.717) is 42.6 Å². The topological polar surface area (TPSA) is 77.8 Å². The molecule has 0 bridgehead atoms. The first-order chi connectivity index (χ1) is 20.6. The Morgan fingerprint density at radius 2 is 1.55 bits per heavy atom. The number of hydrogen-bond donors (Lipinski definition) is 3. The third-order valence-corrected chi connectivity index (χ3v) is 9.64. The number of aliphatic hydroxyl groups excluding tert-OH is 3. The van der Waals surface area contributed by atoms with Gasteiger partial charge in [0.2, 0.25) is 0 Å². The molecule has 4 nitrogen and oxygen atoms in total. The summed E-state index contributed by atoms with van der Waals surface area (Å²) in [5.74, 6) is 1.60. The quantitative estimate of drug-likeness (QED) is 0.0987. The van der Waals surface area contributed by atoms with Gasteiger partial charge in [-0.3, -0.25) is 4.79 Å². The SMILES string of the molecule is CC1=C[C@H](O)CC(C)(C)[C@H]1/C=C/C(C)CCCC(C)/C=C/C=C/C(C)/C=C/C=C(\CO)C(=O)CC1=C(C)C[C@@H](O)CC1(C)C. The molecule has 0 fully saturated rings. The molecule has 0 saturated carbocycles. The van der Waals surface area contributed by atoms with E-state index in [0.717, 1.165) is 24.0 Å². The van der Waals surface area contributed by atoms with E-state index in [9.17, 15) is 20.1 Å². The smallest absolute Gasteiger partial charge is 0.165 e. The summed E-state index contributed by atoms with van der Waals surface area (Å²) in [5, 5.41) is 30.1. The highest BCUT2D eigenvalue weighted by Crippen LogP contribution is 2.43. The van der Waals surface area contributed by atoms with Gasteiger partial charge in [0.1, 0.15) is 0 Å². The van der Waals surface area contributed by atoms with Gasteiger partial charge in [-0.1, -0.05) is 132 Å². The Morgan fingerprint density at radius 1 is 0.932 bits per heavy atom. The lowest BCUT2D eigenvalue weighted by Gasteiger charge is -2.39. The lowest BCUT2D eigenvalue weighted by atomic mass is 9.67. The van der Waals surface area contributed by atoms with Gasteiger partial charge in [-0.25, -0.2) is 0 Å². The number of rotatable bonds is 15. The summed E-state index contributed by atoms with van der Waals surface area (Å²) in [7, 11) is 0. The lowest BCUT2D eigenvalue weighted by molar-refractivity contribution is -0.115. The van der Waals surface area contributed by atoms with Crippen molar-refractivity contribution in [2.45, 2.75) is 119 Å². The van der Waals surface area contributed by atoms with E-state index in [1.165, 1.54) is 18.4 Å². The molecular formula is C40H62O4. The summed E-state index contributed by atoms with van der Waals surface area (Å²) in [6.07, 6.45) is 26.2. The van der Waals surface area contributed by atoms with Crippen LogP contribution in [0.1, 0.15) is 107 Å². The highest BCUT2D eigenvalue weighted by molar-refractivity contribution is 5.97. The van der Waals surface area contributed by atoms with Crippen molar-refractivity contribution in [2.75, 3.05) is 6.61 Å². The molecule has 6 atom stereocenters. The van der Waals surface area contributed by atoms with E-state index in [4.69, 9.17) is 0 Å². The Balaban J connectivity index is 1.78. The molecule has 0 saturated heterocycles. The van der Waals surface area contributed by atoms with Crippen LogP contribution in [0.15, 0.2) is 83.1 Å². The molecule has 0 aromatic heterocycles. The molecule has 0 radical (unpaired) electrons. The summed E-state index contributed by atoms with van der Waals surface area (Å²) >= 11 is 0. The van der Waals surface area contributed by atoms with Gasteiger partial charge in [0.25, 0.3) is 0 Å². The van der Waals surface area contributed by atoms with Gasteiger partial charge in [0, 0.05) is 17.9 Å². The van der Waals surface area contributed by atoms with Crippen molar-refractivity contribution in [3.63, 3.8) is 0 Å². The van der Waals surface area contributed by atoms with E-state index in [2.05, 4.69) is 91.8 Å². The number of Topliss-reactive ketones (excluding diaryl/α,β-unsaturated/α-hetero) is 1. The van der Waals surface area contributed by atoms with Crippen LogP contribution in [0.2, 0.25) is 0 Å². The zero-order valence-corrected chi connectivity index (χ0v) is 29.1. The largest absolute Gasteiger partial charge is 0.393 e. The van der Waals surface area contributed by atoms with Crippen LogP contribution in [-0.4, -0.2) is 39.9 Å². The summed E-state index contributed by atoms with van der Waals surface area (Å²) in [6, 6.07) is 0. The molecule has 0 spiro atoms. The van der Waals surface area contributed by atoms with Crippen LogP contribution in [0.5, 0.6) is 0 Å². The summed E-state index contributed by atoms with van der Waals surface area (Å²) in [4.78, 5) is 13.0. The average molecular weight is 607 g/mol. The fourth-order valence-corrected chi connectivity index (χ4v) is 7.06. The standard InChI is InChI=1S/C40H62O4/c1-28(16-12-17-30(3)20-21-36-31(4)22-34(42)25-39(36,6)7)14-10-11-15-29(2)18-13-19-33(27-41)38(44)24-37-32(5)23-35(43)26-40(37,8)9/h10-11,13-15,18-22,28-30,34-36,41-43H,12,16-17,23-27H2,1-9H3/b14-10+,15-11+,18-13+,21-20+,33-19+/t28?,29?,30?,34-,35+,36-/m0/s1. The fourth-order valence-electron chi connectivity index (χ4n) is 7.06. The Bertz CT molecular complexity index is 1160. The summed E-state index contributed by atoms with van der Waals surface area (Å²) in [6.45, 7) is 19.2. The first-order valence-corrected chi connectivity index (χ1v) is 16.8. The van der Waals surface area contributed by atoms with Crippen LogP contribution in [-0.2, 0) is 4.79 Å². The second kappa shape index (κ2) is 17.4. The van der Waals surface area contributed by atoms with Crippen LogP contribution >= 0.6 is 0 Å². The molecule has 4 heteroatoms. The number of carbonyl (C=O) groups is 1. The second-order valence-electron chi connectivity index (χ2n) is 15.1. The van der Waals surface area contributed by atoms with E-state index in [1.54, 1.807) is 6.08 Å². The number of carbonyl (C=O) groups excluding carboxylic acids is 1. The number of hydrogen-bond acceptors (Lipinski definition) is 4. The van der Waals surface area contributed by atoms with E-state index < -0.39 is 0 Å². The minimum Gasteiger partial charge on any atom is -0.393 e. The summed E-state index contributed by atoms with van der Waals surface area (Å²) < 4.78 is 0. The van der Waals surface area contributed by atoms with Crippen molar-refractivity contribution < 1.29 is 20.1 Å². The zero-order chi connectivity index (χ0) is 33.1. The minimum absolute atomic E-state index is 0.0531. The van der Waals surface area contributed by atoms with Crippen LogP contribution in [0.3, 0.4) is 0 Å². The maximum Gasteiger partial charge on any atom is 0.165 e. The van der Waals surface area contributed by atoms with Crippen molar-refractivity contribution in [2.24, 2.45) is 34.5 Å². The van der Waals surface area contributed by atoms with Crippen LogP contribution in [0, 0.1) is 34.5 Å². The van der Waals surface area contributed by atoms with Gasteiger partial charge in [-0.05, 0) is 74.5 Å². The monoisotopic (exact) mass is 606 g/mol. The first-order valence-electron chi connectivity index (χ1n) is 16.8. The zero-order valence-electron chi connectivity index (χ0n) is 29.1. The first kappa shape index (κ1) is 37.9. The minimum atomic E-state index is -0.353. The molecule has 0 aromatic carbocycles. The van der Waals surface area contributed by atoms with Crippen molar-refractivity contribution in [3.05, 3.63) is 83.1 Å². The molecule has 3 N–H and O–H groups in total. The number of aliphatic hydroxyl groups is 3. The van der Waals surface area contributed by atoms with Crippen molar-refractivity contribution in [3.8, 4) is 0 Å². The highest BCUT2D eigenvalue weighted by atomic mass is 16.3. The Morgan fingerprint density at radius 3 is 2.16 bits per heavy atom. The number of ketones is 1. The van der Waals surface area contributed by atoms with E-state index in [1.807, 2.05) is 25.2 Å². The molecular weight excluding hydrogens is 544 g/mol. The molecule has 246 valence electrons. The maximum atomic E-state index is 13.0. The molecule has 0 amide bonds. The molecule has 0 aliphatic heterocycles. The Hall–Kier alpha value is -2.27. The molecule has 44 heavy (non-hydrogen) atoms. The van der Waals surface area contributed by atoms with E-state index in [-0.39, 0.29) is 41.3 Å².